The van der Waals surface area contributed by atoms with Gasteiger partial charge < -0.3 is 9.64 Å². The zero-order valence-electron chi connectivity index (χ0n) is 17.7. The van der Waals surface area contributed by atoms with Crippen molar-refractivity contribution in [1.82, 2.24) is 4.90 Å². The molecule has 1 fully saturated rings. The first-order valence-corrected chi connectivity index (χ1v) is 10.6. The highest BCUT2D eigenvalue weighted by molar-refractivity contribution is 6.07. The van der Waals surface area contributed by atoms with Crippen molar-refractivity contribution in [3.8, 4) is 0 Å². The van der Waals surface area contributed by atoms with Crippen LogP contribution in [0.15, 0.2) is 48.5 Å². The van der Waals surface area contributed by atoms with Crippen LogP contribution in [0.4, 0.5) is 16.2 Å². The van der Waals surface area contributed by atoms with Crippen LogP contribution in [0.2, 0.25) is 0 Å². The molecule has 0 spiro atoms. The van der Waals surface area contributed by atoms with E-state index in [1.807, 2.05) is 35.2 Å². The second kappa shape index (κ2) is 8.88. The highest BCUT2D eigenvalue weighted by Gasteiger charge is 2.39. The number of fused-ring (bicyclic) bond motifs is 1. The van der Waals surface area contributed by atoms with Gasteiger partial charge in [-0.2, -0.15) is 0 Å². The molecule has 0 aliphatic carbocycles. The van der Waals surface area contributed by atoms with E-state index in [2.05, 4.69) is 30.1 Å². The number of carbonyl (C=O) groups is 2. The molecule has 2 aliphatic rings. The van der Waals surface area contributed by atoms with Crippen LogP contribution >= 0.6 is 0 Å². The summed E-state index contributed by atoms with van der Waals surface area (Å²) in [4.78, 5) is 31.2. The van der Waals surface area contributed by atoms with E-state index in [0.29, 0.717) is 19.4 Å². The summed E-state index contributed by atoms with van der Waals surface area (Å²) in [6.45, 7) is 2.63. The predicted octanol–water partition coefficient (Wildman–Crippen LogP) is 3.49. The van der Waals surface area contributed by atoms with Gasteiger partial charge in [-0.15, -0.1) is 0 Å². The lowest BCUT2D eigenvalue weighted by atomic mass is 10.0. The number of rotatable bonds is 5. The molecule has 2 aliphatic heterocycles. The van der Waals surface area contributed by atoms with Crippen LogP contribution in [0.1, 0.15) is 24.0 Å². The monoisotopic (exact) mass is 407 g/mol. The second-order valence-corrected chi connectivity index (χ2v) is 8.12. The fourth-order valence-corrected chi connectivity index (χ4v) is 4.38. The van der Waals surface area contributed by atoms with Crippen molar-refractivity contribution >= 4 is 23.4 Å². The molecule has 0 bridgehead atoms. The van der Waals surface area contributed by atoms with Crippen molar-refractivity contribution in [2.75, 3.05) is 43.6 Å². The Morgan fingerprint density at radius 2 is 1.77 bits per heavy atom. The first-order chi connectivity index (χ1) is 14.6. The third-order valence-electron chi connectivity index (χ3n) is 6.17. The Morgan fingerprint density at radius 1 is 1.03 bits per heavy atom. The Kier molecular flexibility index (Phi) is 6.04. The zero-order valence-corrected chi connectivity index (χ0v) is 17.7. The average molecular weight is 408 g/mol. The van der Waals surface area contributed by atoms with Gasteiger partial charge in [0.05, 0.1) is 13.2 Å². The summed E-state index contributed by atoms with van der Waals surface area (Å²) in [5, 5.41) is 0. The third-order valence-corrected chi connectivity index (χ3v) is 6.17. The normalized spacial score (nSPS) is 19.5. The van der Waals surface area contributed by atoms with Gasteiger partial charge in [-0.1, -0.05) is 24.3 Å². The van der Waals surface area contributed by atoms with E-state index in [9.17, 15) is 9.59 Å². The molecule has 158 valence electrons. The molecule has 1 unspecified atom stereocenters. The minimum atomic E-state index is -0.245. The molecular weight excluding hydrogens is 378 g/mol. The molecule has 1 saturated heterocycles. The number of likely N-dealkylation sites (N-methyl/N-ethyl adjacent to an activating group) is 1. The average Bonchev–Trinajstić information content (AvgIpc) is 2.99. The van der Waals surface area contributed by atoms with Gasteiger partial charge in [0, 0.05) is 37.4 Å². The first-order valence-electron chi connectivity index (χ1n) is 10.6. The fraction of sp³-hybridized carbons (Fsp3) is 0.417. The van der Waals surface area contributed by atoms with Crippen molar-refractivity contribution in [2.45, 2.75) is 31.7 Å². The smallest absolute Gasteiger partial charge is 0.329 e. The van der Waals surface area contributed by atoms with Gasteiger partial charge in [0.15, 0.2) is 0 Å². The lowest BCUT2D eigenvalue weighted by Gasteiger charge is -2.24. The summed E-state index contributed by atoms with van der Waals surface area (Å²) >= 11 is 0. The van der Waals surface area contributed by atoms with E-state index >= 15 is 0 Å². The molecule has 4 rings (SSSR count). The van der Waals surface area contributed by atoms with Crippen molar-refractivity contribution in [1.29, 1.82) is 0 Å². The highest BCUT2D eigenvalue weighted by Crippen LogP contribution is 2.32. The Labute approximate surface area is 178 Å². The molecule has 0 radical (unpaired) electrons. The van der Waals surface area contributed by atoms with E-state index < -0.39 is 0 Å². The quantitative estimate of drug-likeness (QED) is 0.712. The molecule has 2 heterocycles. The van der Waals surface area contributed by atoms with Crippen molar-refractivity contribution in [3.63, 3.8) is 0 Å². The third kappa shape index (κ3) is 4.19. The zero-order chi connectivity index (χ0) is 21.1. The first kappa shape index (κ1) is 20.4. The minimum absolute atomic E-state index is 0.0400. The van der Waals surface area contributed by atoms with Crippen LogP contribution in [0, 0.1) is 0 Å². The molecule has 0 N–H and O–H groups in total. The van der Waals surface area contributed by atoms with Crippen molar-refractivity contribution < 1.29 is 14.3 Å². The predicted molar refractivity (Wildman–Crippen MR) is 118 cm³/mol. The number of carbonyl (C=O) groups excluding carboxylic acids is 2. The van der Waals surface area contributed by atoms with Gasteiger partial charge in [-0.3, -0.25) is 14.6 Å². The standard InChI is InChI=1S/C24H29N3O3/c1-25-14-12-18-8-9-21(16-19(18)13-15-25)27-22(10-11-23(28)30-2)17-26(24(27)29)20-6-4-3-5-7-20/h3-9,16,22H,10-15,17H2,1-2H3. The summed E-state index contributed by atoms with van der Waals surface area (Å²) in [7, 11) is 3.55. The van der Waals surface area contributed by atoms with Crippen LogP contribution in [-0.4, -0.2) is 56.7 Å². The van der Waals surface area contributed by atoms with E-state index in [1.165, 1.54) is 18.2 Å². The van der Waals surface area contributed by atoms with Crippen molar-refractivity contribution in [2.24, 2.45) is 0 Å². The number of hydrogen-bond donors (Lipinski definition) is 0. The summed E-state index contributed by atoms with van der Waals surface area (Å²) in [5.41, 5.74) is 4.47. The molecule has 2 aromatic carbocycles. The van der Waals surface area contributed by atoms with Crippen molar-refractivity contribution in [3.05, 3.63) is 59.7 Å². The topological polar surface area (TPSA) is 53.1 Å². The molecule has 1 atom stereocenters. The molecule has 2 aromatic rings. The Morgan fingerprint density at radius 3 is 2.50 bits per heavy atom. The van der Waals surface area contributed by atoms with Gasteiger partial charge in [0.2, 0.25) is 0 Å². The number of nitrogens with zero attached hydrogens (tertiary/aromatic N) is 3. The maximum atomic E-state index is 13.4. The summed E-state index contributed by atoms with van der Waals surface area (Å²) < 4.78 is 4.83. The van der Waals surface area contributed by atoms with E-state index in [0.717, 1.165) is 37.3 Å². The molecular formula is C24H29N3O3. The van der Waals surface area contributed by atoms with Crippen LogP contribution in [0.3, 0.4) is 0 Å². The number of hydrogen-bond acceptors (Lipinski definition) is 4. The number of ether oxygens (including phenoxy) is 1. The molecule has 6 heteroatoms. The van der Waals surface area contributed by atoms with Crippen LogP contribution in [-0.2, 0) is 22.4 Å². The number of amides is 2. The van der Waals surface area contributed by atoms with Gasteiger partial charge in [-0.25, -0.2) is 4.79 Å². The Bertz CT molecular complexity index is 915. The summed E-state index contributed by atoms with van der Waals surface area (Å²) in [6, 6.07) is 16.0. The summed E-state index contributed by atoms with van der Waals surface area (Å²) in [6.07, 6.45) is 2.88. The molecule has 0 saturated carbocycles. The molecule has 6 nitrogen and oxygen atoms in total. The van der Waals surface area contributed by atoms with E-state index in [-0.39, 0.29) is 18.0 Å². The lowest BCUT2D eigenvalue weighted by Crippen LogP contribution is -2.35. The van der Waals surface area contributed by atoms with Crippen LogP contribution < -0.4 is 9.80 Å². The number of methoxy groups -OCH3 is 1. The number of para-hydroxylation sites is 1. The van der Waals surface area contributed by atoms with Gasteiger partial charge in [-0.05, 0) is 61.7 Å². The second-order valence-electron chi connectivity index (χ2n) is 8.12. The fourth-order valence-electron chi connectivity index (χ4n) is 4.38. The lowest BCUT2D eigenvalue weighted by molar-refractivity contribution is -0.140. The molecule has 30 heavy (non-hydrogen) atoms. The largest absolute Gasteiger partial charge is 0.469 e. The van der Waals surface area contributed by atoms with E-state index in [1.54, 1.807) is 4.90 Å². The summed E-state index contributed by atoms with van der Waals surface area (Å²) in [5.74, 6) is -0.245. The number of benzene rings is 2. The van der Waals surface area contributed by atoms with E-state index in [4.69, 9.17) is 4.74 Å². The number of esters is 1. The van der Waals surface area contributed by atoms with Gasteiger partial charge >= 0.3 is 12.0 Å². The SMILES string of the molecule is COC(=O)CCC1CN(c2ccccc2)C(=O)N1c1ccc2c(c1)CCN(C)CC2. The highest BCUT2D eigenvalue weighted by atomic mass is 16.5. The maximum absolute atomic E-state index is 13.4. The van der Waals surface area contributed by atoms with Crippen LogP contribution in [0.25, 0.3) is 0 Å². The number of anilines is 2. The van der Waals surface area contributed by atoms with Gasteiger partial charge in [0.25, 0.3) is 0 Å². The minimum Gasteiger partial charge on any atom is -0.469 e. The number of urea groups is 1. The molecule has 2 amide bonds. The Balaban J connectivity index is 1.64. The maximum Gasteiger partial charge on any atom is 0.329 e. The van der Waals surface area contributed by atoms with Gasteiger partial charge in [0.1, 0.15) is 0 Å². The van der Waals surface area contributed by atoms with Crippen LogP contribution in [0.5, 0.6) is 0 Å². The Hall–Kier alpha value is -2.86. The molecule has 0 aromatic heterocycles.